The normalized spacial score (nSPS) is 8.56. The summed E-state index contributed by atoms with van der Waals surface area (Å²) in [5.74, 6) is -0.449. The molecule has 2 nitrogen and oxygen atoms in total. The Morgan fingerprint density at radius 3 is 2.89 bits per heavy atom. The van der Waals surface area contributed by atoms with Crippen LogP contribution in [-0.2, 0) is 9.53 Å². The van der Waals surface area contributed by atoms with E-state index in [1.807, 2.05) is 0 Å². The Hall–Kier alpha value is -0.500. The number of halogens is 1. The van der Waals surface area contributed by atoms with Gasteiger partial charge in [0.25, 0.3) is 0 Å². The molecule has 0 atom stereocenters. The van der Waals surface area contributed by atoms with Gasteiger partial charge in [-0.3, -0.25) is 4.79 Å². The van der Waals surface area contributed by atoms with Crippen molar-refractivity contribution in [1.29, 1.82) is 0 Å². The third-order valence-electron chi connectivity index (χ3n) is 0.694. The minimum absolute atomic E-state index is 0.0723. The third kappa shape index (κ3) is 5.37. The first-order valence-corrected chi connectivity index (χ1v) is 3.17. The van der Waals surface area contributed by atoms with Crippen LogP contribution in [0.5, 0.6) is 0 Å². The Morgan fingerprint density at radius 1 is 1.78 bits per heavy atom. The summed E-state index contributed by atoms with van der Waals surface area (Å²) in [4.78, 5) is 10.3. The maximum absolute atomic E-state index is 10.3. The van der Waals surface area contributed by atoms with E-state index in [-0.39, 0.29) is 11.8 Å². The highest BCUT2D eigenvalue weighted by molar-refractivity contribution is 6.26. The second kappa shape index (κ2) is 5.63. The number of carbonyl (C=O) groups is 1. The molecule has 0 aliphatic rings. The molecule has 0 fully saturated rings. The second-order valence-corrected chi connectivity index (χ2v) is 1.70. The Morgan fingerprint density at radius 2 is 2.44 bits per heavy atom. The van der Waals surface area contributed by atoms with E-state index in [0.29, 0.717) is 13.0 Å². The molecule has 52 valence electrons. The molecule has 0 saturated heterocycles. The molecule has 0 spiro atoms. The van der Waals surface area contributed by atoms with Gasteiger partial charge in [0, 0.05) is 0 Å². The lowest BCUT2D eigenvalue weighted by Gasteiger charge is -1.96. The van der Waals surface area contributed by atoms with Gasteiger partial charge < -0.3 is 4.74 Å². The quantitative estimate of drug-likeness (QED) is 0.260. The summed E-state index contributed by atoms with van der Waals surface area (Å²) in [7, 11) is 0. The molecule has 0 heterocycles. The molecule has 0 radical (unpaired) electrons. The molecule has 0 amide bonds. The molecule has 0 N–H and O–H groups in total. The summed E-state index contributed by atoms with van der Waals surface area (Å²) >= 11 is 5.13. The fraction of sp³-hybridized carbons (Fsp3) is 0.500. The van der Waals surface area contributed by atoms with Crippen LogP contribution in [-0.4, -0.2) is 18.5 Å². The monoisotopic (exact) mass is 148 g/mol. The Kier molecular flexibility index (Phi) is 5.32. The van der Waals surface area contributed by atoms with Crippen LogP contribution < -0.4 is 0 Å². The van der Waals surface area contributed by atoms with E-state index in [0.717, 1.165) is 0 Å². The van der Waals surface area contributed by atoms with Crippen LogP contribution in [0.25, 0.3) is 0 Å². The number of alkyl halides is 1. The van der Waals surface area contributed by atoms with E-state index in [1.165, 1.54) is 0 Å². The van der Waals surface area contributed by atoms with Gasteiger partial charge in [-0.05, 0) is 6.42 Å². The zero-order chi connectivity index (χ0) is 7.11. The van der Waals surface area contributed by atoms with Gasteiger partial charge in [0.05, 0.1) is 6.61 Å². The van der Waals surface area contributed by atoms with Crippen molar-refractivity contribution in [1.82, 2.24) is 0 Å². The van der Waals surface area contributed by atoms with E-state index < -0.39 is 0 Å². The average Bonchev–Trinajstić information content (AvgIpc) is 1.89. The first kappa shape index (κ1) is 8.50. The van der Waals surface area contributed by atoms with Crippen LogP contribution in [0.2, 0.25) is 0 Å². The molecule has 3 heteroatoms. The smallest absolute Gasteiger partial charge is 0.320 e. The lowest BCUT2D eigenvalue weighted by molar-refractivity contribution is -0.140. The van der Waals surface area contributed by atoms with Crippen molar-refractivity contribution in [2.24, 2.45) is 0 Å². The molecule has 9 heavy (non-hydrogen) atoms. The number of rotatable bonds is 4. The first-order valence-electron chi connectivity index (χ1n) is 2.63. The molecule has 0 aromatic rings. The van der Waals surface area contributed by atoms with Crippen LogP contribution >= 0.6 is 11.6 Å². The van der Waals surface area contributed by atoms with Gasteiger partial charge >= 0.3 is 5.97 Å². The van der Waals surface area contributed by atoms with Crippen LogP contribution in [0, 0.1) is 0 Å². The number of hydrogen-bond donors (Lipinski definition) is 0. The first-order chi connectivity index (χ1) is 4.31. The third-order valence-corrected chi connectivity index (χ3v) is 0.912. The van der Waals surface area contributed by atoms with E-state index in [9.17, 15) is 4.79 Å². The Bertz CT molecular complexity index is 101. The van der Waals surface area contributed by atoms with E-state index in [1.54, 1.807) is 6.08 Å². The van der Waals surface area contributed by atoms with Gasteiger partial charge in [0.15, 0.2) is 0 Å². The molecular formula is C6H9ClO2. The topological polar surface area (TPSA) is 26.3 Å². The maximum atomic E-state index is 10.3. The summed E-state index contributed by atoms with van der Waals surface area (Å²) in [5.41, 5.74) is 0. The Balaban J connectivity index is 3.06. The molecule has 0 aliphatic heterocycles. The molecule has 0 aliphatic carbocycles. The fourth-order valence-corrected chi connectivity index (χ4v) is 0.372. The fourth-order valence-electron chi connectivity index (χ4n) is 0.295. The van der Waals surface area contributed by atoms with Crippen molar-refractivity contribution in [3.63, 3.8) is 0 Å². The van der Waals surface area contributed by atoms with Gasteiger partial charge in [-0.2, -0.15) is 0 Å². The van der Waals surface area contributed by atoms with Crippen molar-refractivity contribution < 1.29 is 9.53 Å². The zero-order valence-electron chi connectivity index (χ0n) is 5.10. The molecule has 0 unspecified atom stereocenters. The van der Waals surface area contributed by atoms with Crippen LogP contribution in [0.4, 0.5) is 0 Å². The highest BCUT2D eigenvalue weighted by Crippen LogP contribution is 1.86. The van der Waals surface area contributed by atoms with Crippen molar-refractivity contribution >= 4 is 17.6 Å². The second-order valence-electron chi connectivity index (χ2n) is 1.43. The van der Waals surface area contributed by atoms with Crippen molar-refractivity contribution in [3.05, 3.63) is 12.7 Å². The molecule has 0 aromatic carbocycles. The molecule has 0 rings (SSSR count). The summed E-state index contributed by atoms with van der Waals surface area (Å²) in [6.45, 7) is 3.84. The lowest BCUT2D eigenvalue weighted by Crippen LogP contribution is -2.05. The van der Waals surface area contributed by atoms with Gasteiger partial charge in [-0.25, -0.2) is 0 Å². The summed E-state index contributed by atoms with van der Waals surface area (Å²) in [5, 5.41) is 0. The van der Waals surface area contributed by atoms with Crippen molar-refractivity contribution in [2.45, 2.75) is 6.42 Å². The van der Waals surface area contributed by atoms with E-state index >= 15 is 0 Å². The SMILES string of the molecule is C=CCCOC(=O)CCl. The van der Waals surface area contributed by atoms with E-state index in [4.69, 9.17) is 11.6 Å². The van der Waals surface area contributed by atoms with Crippen molar-refractivity contribution in [3.8, 4) is 0 Å². The minimum atomic E-state index is -0.376. The van der Waals surface area contributed by atoms with Gasteiger partial charge in [-0.15, -0.1) is 18.2 Å². The molecule has 0 saturated carbocycles. The zero-order valence-corrected chi connectivity index (χ0v) is 5.86. The van der Waals surface area contributed by atoms with Gasteiger partial charge in [0.1, 0.15) is 5.88 Å². The highest BCUT2D eigenvalue weighted by Gasteiger charge is 1.95. The van der Waals surface area contributed by atoms with Crippen LogP contribution in [0.1, 0.15) is 6.42 Å². The van der Waals surface area contributed by atoms with Gasteiger partial charge in [-0.1, -0.05) is 6.08 Å². The Labute approximate surface area is 59.5 Å². The average molecular weight is 149 g/mol. The van der Waals surface area contributed by atoms with Crippen LogP contribution in [0.15, 0.2) is 12.7 Å². The highest BCUT2D eigenvalue weighted by atomic mass is 35.5. The molecular weight excluding hydrogens is 140 g/mol. The summed E-state index contributed by atoms with van der Waals surface area (Å²) in [6, 6.07) is 0. The minimum Gasteiger partial charge on any atom is -0.464 e. The predicted octanol–water partition coefficient (Wildman–Crippen LogP) is 1.34. The largest absolute Gasteiger partial charge is 0.464 e. The van der Waals surface area contributed by atoms with Crippen LogP contribution in [0.3, 0.4) is 0 Å². The molecule has 0 aromatic heterocycles. The number of ether oxygens (including phenoxy) is 1. The maximum Gasteiger partial charge on any atom is 0.320 e. The number of carbonyl (C=O) groups excluding carboxylic acids is 1. The van der Waals surface area contributed by atoms with Crippen molar-refractivity contribution in [2.75, 3.05) is 12.5 Å². The standard InChI is InChI=1S/C6H9ClO2/c1-2-3-4-9-6(8)5-7/h2H,1,3-5H2. The van der Waals surface area contributed by atoms with E-state index in [2.05, 4.69) is 11.3 Å². The lowest BCUT2D eigenvalue weighted by atomic mass is 10.5. The number of hydrogen-bond acceptors (Lipinski definition) is 2. The summed E-state index contributed by atoms with van der Waals surface area (Å²) in [6.07, 6.45) is 2.37. The summed E-state index contributed by atoms with van der Waals surface area (Å²) < 4.78 is 4.59. The molecule has 0 bridgehead atoms. The van der Waals surface area contributed by atoms with Gasteiger partial charge in [0.2, 0.25) is 0 Å². The number of esters is 1. The predicted molar refractivity (Wildman–Crippen MR) is 36.5 cm³/mol.